The lowest BCUT2D eigenvalue weighted by atomic mass is 9.92. The van der Waals surface area contributed by atoms with Crippen molar-refractivity contribution in [3.8, 4) is 11.5 Å². The first-order chi connectivity index (χ1) is 15.0. The fourth-order valence-electron chi connectivity index (χ4n) is 3.73. The first-order valence-corrected chi connectivity index (χ1v) is 13.5. The molecule has 5 heteroatoms. The summed E-state index contributed by atoms with van der Waals surface area (Å²) in [5, 5.41) is 0. The Bertz CT molecular complexity index is 901. The molecule has 2 aliphatic carbocycles. The summed E-state index contributed by atoms with van der Waals surface area (Å²) < 4.78 is 37.7. The van der Waals surface area contributed by atoms with E-state index in [2.05, 4.69) is 0 Å². The van der Waals surface area contributed by atoms with Crippen molar-refractivity contribution in [2.75, 3.05) is 24.7 Å². The van der Waals surface area contributed by atoms with Crippen LogP contribution in [-0.4, -0.2) is 33.1 Å². The minimum absolute atomic E-state index is 0.102. The second kappa shape index (κ2) is 10.1. The van der Waals surface area contributed by atoms with Gasteiger partial charge in [0.15, 0.2) is 9.84 Å². The standard InChI is InChI=1S/C26H34O4S/c1-2-3-14-31(27,28)19-26(22-6-4-8-24(15-22)29-17-20-10-11-20)23-7-5-9-25(16-23)30-18-21-12-13-21/h4-9,15-16,20-21,26H,2-3,10-14,17-19H2,1H3. The van der Waals surface area contributed by atoms with Crippen molar-refractivity contribution in [1.82, 2.24) is 0 Å². The van der Waals surface area contributed by atoms with E-state index >= 15 is 0 Å². The highest BCUT2D eigenvalue weighted by Crippen LogP contribution is 2.34. The summed E-state index contributed by atoms with van der Waals surface area (Å²) in [6.07, 6.45) is 6.54. The lowest BCUT2D eigenvalue weighted by Crippen LogP contribution is -2.19. The summed E-state index contributed by atoms with van der Waals surface area (Å²) >= 11 is 0. The normalized spacial score (nSPS) is 16.5. The lowest BCUT2D eigenvalue weighted by molar-refractivity contribution is 0.299. The van der Waals surface area contributed by atoms with Gasteiger partial charge in [0.2, 0.25) is 0 Å². The summed E-state index contributed by atoms with van der Waals surface area (Å²) in [5.41, 5.74) is 1.96. The Labute approximate surface area is 186 Å². The van der Waals surface area contributed by atoms with Crippen LogP contribution in [0.15, 0.2) is 48.5 Å². The average molecular weight is 443 g/mol. The number of hydrogen-bond acceptors (Lipinski definition) is 4. The van der Waals surface area contributed by atoms with Crippen LogP contribution in [-0.2, 0) is 9.84 Å². The zero-order valence-electron chi connectivity index (χ0n) is 18.5. The van der Waals surface area contributed by atoms with Gasteiger partial charge >= 0.3 is 0 Å². The van der Waals surface area contributed by atoms with Gasteiger partial charge in [-0.15, -0.1) is 0 Å². The first kappa shape index (κ1) is 22.2. The van der Waals surface area contributed by atoms with E-state index in [1.165, 1.54) is 25.7 Å². The summed E-state index contributed by atoms with van der Waals surface area (Å²) in [7, 11) is -3.18. The van der Waals surface area contributed by atoms with Crippen molar-refractivity contribution in [3.63, 3.8) is 0 Å². The quantitative estimate of drug-likeness (QED) is 0.404. The van der Waals surface area contributed by atoms with E-state index in [1.807, 2.05) is 55.5 Å². The zero-order valence-corrected chi connectivity index (χ0v) is 19.3. The predicted octanol–water partition coefficient (Wildman–Crippen LogP) is 5.61. The van der Waals surface area contributed by atoms with Crippen molar-refractivity contribution >= 4 is 9.84 Å². The SMILES string of the molecule is CCCCS(=O)(=O)CC(c1cccc(OCC2CC2)c1)c1cccc(OCC2CC2)c1. The molecule has 0 unspecified atom stereocenters. The van der Waals surface area contributed by atoms with Gasteiger partial charge in [0, 0.05) is 5.92 Å². The van der Waals surface area contributed by atoms with Crippen molar-refractivity contribution in [2.45, 2.75) is 51.4 Å². The maximum atomic E-state index is 12.9. The zero-order chi connectivity index (χ0) is 21.7. The van der Waals surface area contributed by atoms with Crippen molar-refractivity contribution in [2.24, 2.45) is 11.8 Å². The summed E-state index contributed by atoms with van der Waals surface area (Å²) in [4.78, 5) is 0. The molecule has 0 aromatic heterocycles. The topological polar surface area (TPSA) is 52.6 Å². The van der Waals surface area contributed by atoms with Crippen molar-refractivity contribution < 1.29 is 17.9 Å². The number of ether oxygens (including phenoxy) is 2. The Hall–Kier alpha value is -2.01. The van der Waals surface area contributed by atoms with Crippen molar-refractivity contribution in [1.29, 1.82) is 0 Å². The molecule has 0 N–H and O–H groups in total. The van der Waals surface area contributed by atoms with Crippen LogP contribution < -0.4 is 9.47 Å². The van der Waals surface area contributed by atoms with Gasteiger partial charge in [0.25, 0.3) is 0 Å². The molecule has 0 atom stereocenters. The van der Waals surface area contributed by atoms with Crippen LogP contribution in [0.4, 0.5) is 0 Å². The Balaban J connectivity index is 1.58. The van der Waals surface area contributed by atoms with E-state index in [0.29, 0.717) is 18.3 Å². The lowest BCUT2D eigenvalue weighted by Gasteiger charge is -2.20. The van der Waals surface area contributed by atoms with Crippen LogP contribution in [0, 0.1) is 11.8 Å². The van der Waals surface area contributed by atoms with Crippen molar-refractivity contribution in [3.05, 3.63) is 59.7 Å². The third-order valence-electron chi connectivity index (χ3n) is 6.12. The molecule has 4 nitrogen and oxygen atoms in total. The van der Waals surface area contributed by atoms with Gasteiger partial charge in [0.1, 0.15) is 11.5 Å². The van der Waals surface area contributed by atoms with Crippen LogP contribution in [0.5, 0.6) is 11.5 Å². The molecule has 31 heavy (non-hydrogen) atoms. The van der Waals surface area contributed by atoms with Gasteiger partial charge < -0.3 is 9.47 Å². The van der Waals surface area contributed by atoms with Gasteiger partial charge in [-0.2, -0.15) is 0 Å². The molecule has 2 aromatic carbocycles. The van der Waals surface area contributed by atoms with Crippen LogP contribution >= 0.6 is 0 Å². The maximum Gasteiger partial charge on any atom is 0.151 e. The molecule has 168 valence electrons. The Morgan fingerprint density at radius 3 is 1.84 bits per heavy atom. The monoisotopic (exact) mass is 442 g/mol. The molecule has 2 saturated carbocycles. The molecule has 2 aromatic rings. The smallest absolute Gasteiger partial charge is 0.151 e. The van der Waals surface area contributed by atoms with E-state index in [1.54, 1.807) is 0 Å². The first-order valence-electron chi connectivity index (χ1n) is 11.7. The molecule has 0 bridgehead atoms. The fraction of sp³-hybridized carbons (Fsp3) is 0.538. The van der Waals surface area contributed by atoms with E-state index in [4.69, 9.17) is 9.47 Å². The van der Waals surface area contributed by atoms with Gasteiger partial charge in [-0.25, -0.2) is 8.42 Å². The second-order valence-corrected chi connectivity index (χ2v) is 11.4. The van der Waals surface area contributed by atoms with Gasteiger partial charge in [-0.3, -0.25) is 0 Å². The number of sulfone groups is 1. The highest BCUT2D eigenvalue weighted by Gasteiger charge is 2.25. The van der Waals surface area contributed by atoms with E-state index in [9.17, 15) is 8.42 Å². The minimum atomic E-state index is -3.18. The third-order valence-corrected chi connectivity index (χ3v) is 7.87. The molecule has 0 spiro atoms. The second-order valence-electron chi connectivity index (χ2n) is 9.17. The van der Waals surface area contributed by atoms with Gasteiger partial charge in [0.05, 0.1) is 24.7 Å². The fourth-order valence-corrected chi connectivity index (χ4v) is 5.51. The largest absolute Gasteiger partial charge is 0.493 e. The summed E-state index contributed by atoms with van der Waals surface area (Å²) in [6, 6.07) is 15.9. The molecule has 0 aliphatic heterocycles. The molecular formula is C26H34O4S. The molecule has 0 heterocycles. The number of hydrogen-bond donors (Lipinski definition) is 0. The maximum absolute atomic E-state index is 12.9. The average Bonchev–Trinajstić information content (AvgIpc) is 3.69. The third kappa shape index (κ3) is 6.99. The Kier molecular flexibility index (Phi) is 7.21. The Morgan fingerprint density at radius 1 is 0.871 bits per heavy atom. The predicted molar refractivity (Wildman–Crippen MR) is 125 cm³/mol. The molecule has 0 amide bonds. The summed E-state index contributed by atoms with van der Waals surface area (Å²) in [5.74, 6) is 3.09. The minimum Gasteiger partial charge on any atom is -0.493 e. The highest BCUT2D eigenvalue weighted by atomic mass is 32.2. The molecule has 4 rings (SSSR count). The molecular weight excluding hydrogens is 408 g/mol. The molecule has 2 aliphatic rings. The van der Waals surface area contributed by atoms with Crippen LogP contribution in [0.2, 0.25) is 0 Å². The molecule has 0 radical (unpaired) electrons. The van der Waals surface area contributed by atoms with Gasteiger partial charge in [-0.05, 0) is 79.3 Å². The highest BCUT2D eigenvalue weighted by molar-refractivity contribution is 7.91. The van der Waals surface area contributed by atoms with Crippen LogP contribution in [0.25, 0.3) is 0 Å². The van der Waals surface area contributed by atoms with Gasteiger partial charge in [-0.1, -0.05) is 37.6 Å². The molecule has 2 fully saturated rings. The summed E-state index contributed by atoms with van der Waals surface area (Å²) in [6.45, 7) is 3.51. The van der Waals surface area contributed by atoms with E-state index in [-0.39, 0.29) is 17.4 Å². The number of benzene rings is 2. The van der Waals surface area contributed by atoms with E-state index < -0.39 is 9.84 Å². The van der Waals surface area contributed by atoms with Crippen LogP contribution in [0.1, 0.15) is 62.5 Å². The van der Waals surface area contributed by atoms with Crippen LogP contribution in [0.3, 0.4) is 0 Å². The Morgan fingerprint density at radius 2 is 1.39 bits per heavy atom. The van der Waals surface area contributed by atoms with E-state index in [0.717, 1.165) is 42.3 Å². The molecule has 0 saturated heterocycles. The number of unbranched alkanes of at least 4 members (excludes halogenated alkanes) is 1. The number of rotatable bonds is 13.